The van der Waals surface area contributed by atoms with Crippen LogP contribution in [0.3, 0.4) is 0 Å². The lowest BCUT2D eigenvalue weighted by molar-refractivity contribution is 0.244. The van der Waals surface area contributed by atoms with E-state index >= 15 is 0 Å². The molecule has 1 aliphatic rings. The molecule has 0 saturated carbocycles. The van der Waals surface area contributed by atoms with E-state index in [2.05, 4.69) is 30.8 Å². The number of hydrogen-bond acceptors (Lipinski definition) is 7. The Hall–Kier alpha value is -3.24. The summed E-state index contributed by atoms with van der Waals surface area (Å²) in [5.74, 6) is 2.20. The minimum absolute atomic E-state index is 0.533. The SMILES string of the molecule is N#Cc1ccc(N2CCN(Cc3nc(N)c4ccccc4n3)CC2)nc1. The Labute approximate surface area is 151 Å². The number of nitriles is 1. The predicted molar refractivity (Wildman–Crippen MR) is 100 cm³/mol. The van der Waals surface area contributed by atoms with Crippen molar-refractivity contribution in [2.75, 3.05) is 36.8 Å². The van der Waals surface area contributed by atoms with E-state index in [0.717, 1.165) is 48.7 Å². The largest absolute Gasteiger partial charge is 0.383 e. The van der Waals surface area contributed by atoms with Gasteiger partial charge in [0, 0.05) is 37.8 Å². The molecule has 0 bridgehead atoms. The molecule has 26 heavy (non-hydrogen) atoms. The Bertz CT molecular complexity index is 954. The first-order valence-corrected chi connectivity index (χ1v) is 8.57. The Kier molecular flexibility index (Phi) is 4.33. The zero-order chi connectivity index (χ0) is 17.9. The molecule has 4 rings (SSSR count). The molecule has 1 aromatic carbocycles. The molecule has 2 N–H and O–H groups in total. The van der Waals surface area contributed by atoms with E-state index < -0.39 is 0 Å². The second kappa shape index (κ2) is 6.94. The second-order valence-corrected chi connectivity index (χ2v) is 6.32. The van der Waals surface area contributed by atoms with Crippen molar-refractivity contribution < 1.29 is 0 Å². The molecule has 130 valence electrons. The first kappa shape index (κ1) is 16.2. The first-order valence-electron chi connectivity index (χ1n) is 8.57. The van der Waals surface area contributed by atoms with Crippen LogP contribution in [0.15, 0.2) is 42.6 Å². The van der Waals surface area contributed by atoms with Crippen LogP contribution in [-0.2, 0) is 6.54 Å². The molecule has 0 aliphatic carbocycles. The molecule has 3 aromatic rings. The van der Waals surface area contributed by atoms with Gasteiger partial charge in [0.15, 0.2) is 0 Å². The molecular weight excluding hydrogens is 326 g/mol. The average molecular weight is 345 g/mol. The van der Waals surface area contributed by atoms with Gasteiger partial charge in [0.25, 0.3) is 0 Å². The van der Waals surface area contributed by atoms with Crippen molar-refractivity contribution in [3.63, 3.8) is 0 Å². The van der Waals surface area contributed by atoms with Crippen LogP contribution >= 0.6 is 0 Å². The Balaban J connectivity index is 1.41. The van der Waals surface area contributed by atoms with Crippen LogP contribution in [-0.4, -0.2) is 46.0 Å². The molecule has 0 spiro atoms. The van der Waals surface area contributed by atoms with Gasteiger partial charge in [-0.25, -0.2) is 15.0 Å². The molecule has 1 fully saturated rings. The van der Waals surface area contributed by atoms with Crippen LogP contribution in [0.1, 0.15) is 11.4 Å². The van der Waals surface area contributed by atoms with E-state index in [4.69, 9.17) is 11.0 Å². The predicted octanol–water partition coefficient (Wildman–Crippen LogP) is 1.80. The number of rotatable bonds is 3. The van der Waals surface area contributed by atoms with Crippen molar-refractivity contribution in [3.05, 3.63) is 54.0 Å². The van der Waals surface area contributed by atoms with Gasteiger partial charge in [0.2, 0.25) is 0 Å². The molecule has 7 nitrogen and oxygen atoms in total. The highest BCUT2D eigenvalue weighted by atomic mass is 15.3. The van der Waals surface area contributed by atoms with Crippen LogP contribution in [0, 0.1) is 11.3 Å². The van der Waals surface area contributed by atoms with Gasteiger partial charge in [-0.2, -0.15) is 5.26 Å². The molecular formula is C19H19N7. The van der Waals surface area contributed by atoms with Crippen LogP contribution in [0.25, 0.3) is 10.9 Å². The summed E-state index contributed by atoms with van der Waals surface area (Å²) in [5, 5.41) is 9.76. The number of fused-ring (bicyclic) bond motifs is 1. The van der Waals surface area contributed by atoms with Crippen LogP contribution in [0.5, 0.6) is 0 Å². The summed E-state index contributed by atoms with van der Waals surface area (Å²) < 4.78 is 0. The monoisotopic (exact) mass is 345 g/mol. The highest BCUT2D eigenvalue weighted by Gasteiger charge is 2.19. The number of aromatic nitrogens is 3. The lowest BCUT2D eigenvalue weighted by atomic mass is 10.2. The minimum atomic E-state index is 0.533. The number of pyridine rings is 1. The van der Waals surface area contributed by atoms with Gasteiger partial charge < -0.3 is 10.6 Å². The zero-order valence-corrected chi connectivity index (χ0v) is 14.3. The molecule has 2 aromatic heterocycles. The van der Waals surface area contributed by atoms with Crippen molar-refractivity contribution in [2.45, 2.75) is 6.54 Å². The molecule has 0 radical (unpaired) electrons. The van der Waals surface area contributed by atoms with E-state index in [9.17, 15) is 0 Å². The fourth-order valence-electron chi connectivity index (χ4n) is 3.20. The van der Waals surface area contributed by atoms with Crippen molar-refractivity contribution in [1.82, 2.24) is 19.9 Å². The Morgan fingerprint density at radius 1 is 1.04 bits per heavy atom. The third kappa shape index (κ3) is 3.27. The maximum Gasteiger partial charge on any atom is 0.145 e. The maximum absolute atomic E-state index is 8.87. The van der Waals surface area contributed by atoms with Crippen molar-refractivity contribution >= 4 is 22.5 Å². The average Bonchev–Trinajstić information content (AvgIpc) is 2.69. The molecule has 1 saturated heterocycles. The zero-order valence-electron chi connectivity index (χ0n) is 14.3. The van der Waals surface area contributed by atoms with Gasteiger partial charge in [-0.15, -0.1) is 0 Å². The van der Waals surface area contributed by atoms with Crippen LogP contribution in [0.4, 0.5) is 11.6 Å². The summed E-state index contributed by atoms with van der Waals surface area (Å²) in [6.07, 6.45) is 1.62. The number of nitrogens with zero attached hydrogens (tertiary/aromatic N) is 6. The quantitative estimate of drug-likeness (QED) is 0.773. The summed E-state index contributed by atoms with van der Waals surface area (Å²) in [6.45, 7) is 4.24. The van der Waals surface area contributed by atoms with Crippen LogP contribution in [0.2, 0.25) is 0 Å². The lowest BCUT2D eigenvalue weighted by Gasteiger charge is -2.35. The van der Waals surface area contributed by atoms with E-state index in [0.29, 0.717) is 17.9 Å². The fraction of sp³-hybridized carbons (Fsp3) is 0.263. The molecule has 0 amide bonds. The Morgan fingerprint density at radius 3 is 2.58 bits per heavy atom. The van der Waals surface area contributed by atoms with Crippen molar-refractivity contribution in [3.8, 4) is 6.07 Å². The van der Waals surface area contributed by atoms with Gasteiger partial charge in [-0.1, -0.05) is 12.1 Å². The van der Waals surface area contributed by atoms with Gasteiger partial charge >= 0.3 is 0 Å². The minimum Gasteiger partial charge on any atom is -0.383 e. The Morgan fingerprint density at radius 2 is 1.85 bits per heavy atom. The highest BCUT2D eigenvalue weighted by molar-refractivity contribution is 5.87. The third-order valence-electron chi connectivity index (χ3n) is 4.62. The van der Waals surface area contributed by atoms with Gasteiger partial charge in [-0.3, -0.25) is 4.90 Å². The first-order chi connectivity index (χ1) is 12.7. The van der Waals surface area contributed by atoms with Gasteiger partial charge in [0.1, 0.15) is 23.5 Å². The smallest absolute Gasteiger partial charge is 0.145 e. The summed E-state index contributed by atoms with van der Waals surface area (Å²) in [4.78, 5) is 18.0. The van der Waals surface area contributed by atoms with E-state index in [-0.39, 0.29) is 0 Å². The summed E-state index contributed by atoms with van der Waals surface area (Å²) in [7, 11) is 0. The van der Waals surface area contributed by atoms with Gasteiger partial charge in [0.05, 0.1) is 17.6 Å². The van der Waals surface area contributed by atoms with Gasteiger partial charge in [-0.05, 0) is 24.3 Å². The molecule has 0 unspecified atom stereocenters. The number of piperazine rings is 1. The molecule has 0 atom stereocenters. The number of hydrogen-bond donors (Lipinski definition) is 1. The van der Waals surface area contributed by atoms with E-state index in [1.54, 1.807) is 12.3 Å². The van der Waals surface area contributed by atoms with Crippen molar-refractivity contribution in [2.24, 2.45) is 0 Å². The number of benzene rings is 1. The maximum atomic E-state index is 8.87. The number of nitrogens with two attached hydrogens (primary N) is 1. The van der Waals surface area contributed by atoms with E-state index in [1.807, 2.05) is 30.3 Å². The number of para-hydroxylation sites is 1. The highest BCUT2D eigenvalue weighted by Crippen LogP contribution is 2.19. The molecule has 1 aliphatic heterocycles. The number of anilines is 2. The van der Waals surface area contributed by atoms with E-state index in [1.165, 1.54) is 0 Å². The topological polar surface area (TPSA) is 95.0 Å². The van der Waals surface area contributed by atoms with Crippen LogP contribution < -0.4 is 10.6 Å². The number of nitrogen functional groups attached to an aromatic ring is 1. The lowest BCUT2D eigenvalue weighted by Crippen LogP contribution is -2.46. The summed E-state index contributed by atoms with van der Waals surface area (Å²) in [5.41, 5.74) is 7.54. The standard InChI is InChI=1S/C19H19N7/c20-11-14-5-6-18(22-12-14)26-9-7-25(8-10-26)13-17-23-16-4-2-1-3-15(16)19(21)24-17/h1-6,12H,7-10,13H2,(H2,21,23,24). The summed E-state index contributed by atoms with van der Waals surface area (Å²) >= 11 is 0. The summed E-state index contributed by atoms with van der Waals surface area (Å²) in [6, 6.07) is 13.6. The molecule has 7 heteroatoms. The third-order valence-corrected chi connectivity index (χ3v) is 4.62. The van der Waals surface area contributed by atoms with Crippen molar-refractivity contribution in [1.29, 1.82) is 5.26 Å². The fourth-order valence-corrected chi connectivity index (χ4v) is 3.20. The molecule has 3 heterocycles. The second-order valence-electron chi connectivity index (χ2n) is 6.32. The normalized spacial score (nSPS) is 15.1.